The number of ketones is 1. The summed E-state index contributed by atoms with van der Waals surface area (Å²) < 4.78 is 24.8. The molecule has 0 unspecified atom stereocenters. The van der Waals surface area contributed by atoms with Crippen LogP contribution in [0.4, 0.5) is 4.39 Å². The van der Waals surface area contributed by atoms with Crippen LogP contribution < -0.4 is 4.74 Å². The summed E-state index contributed by atoms with van der Waals surface area (Å²) in [6.07, 6.45) is 1.42. The molecule has 0 atom stereocenters. The van der Waals surface area contributed by atoms with Gasteiger partial charge in [-0.05, 0) is 52.9 Å². The lowest BCUT2D eigenvalue weighted by molar-refractivity contribution is 0.0474. The predicted molar refractivity (Wildman–Crippen MR) is 86.7 cm³/mol. The fourth-order valence-electron chi connectivity index (χ4n) is 2.17. The molecule has 132 valence electrons. The number of ether oxygens (including phenoxy) is 2. The van der Waals surface area contributed by atoms with Crippen LogP contribution >= 0.6 is 0 Å². The third kappa shape index (κ3) is 3.72. The first-order valence-corrected chi connectivity index (χ1v) is 7.46. The molecule has 0 aliphatic heterocycles. The fraction of sp³-hybridized carbons (Fsp3) is 0.118. The molecule has 1 heterocycles. The number of benzene rings is 2. The van der Waals surface area contributed by atoms with Crippen molar-refractivity contribution < 1.29 is 23.5 Å². The van der Waals surface area contributed by atoms with Gasteiger partial charge in [-0.25, -0.2) is 13.9 Å². The van der Waals surface area contributed by atoms with Crippen LogP contribution in [0.1, 0.15) is 20.7 Å². The van der Waals surface area contributed by atoms with Gasteiger partial charge in [-0.15, -0.1) is 5.10 Å². The molecule has 0 amide bonds. The molecule has 0 saturated heterocycles. The van der Waals surface area contributed by atoms with Gasteiger partial charge in [0.15, 0.2) is 24.0 Å². The van der Waals surface area contributed by atoms with E-state index < -0.39 is 24.2 Å². The predicted octanol–water partition coefficient (Wildman–Crippen LogP) is 1.85. The van der Waals surface area contributed by atoms with E-state index in [9.17, 15) is 14.0 Å². The molecule has 0 bridgehead atoms. The van der Waals surface area contributed by atoms with Crippen molar-refractivity contribution in [2.75, 3.05) is 13.7 Å². The third-order valence-corrected chi connectivity index (χ3v) is 3.52. The molecule has 0 saturated carbocycles. The average molecular weight is 356 g/mol. The molecule has 1 aromatic heterocycles. The van der Waals surface area contributed by atoms with Gasteiger partial charge in [0, 0.05) is 5.56 Å². The Labute approximate surface area is 147 Å². The molecule has 3 rings (SSSR count). The summed E-state index contributed by atoms with van der Waals surface area (Å²) in [5.74, 6) is -1.83. The van der Waals surface area contributed by atoms with Crippen LogP contribution in [0.3, 0.4) is 0 Å². The SMILES string of the molecule is COc1ccc(C(=O)COC(=O)c2ccc(-n3cnnn3)cc2)cc1F. The zero-order chi connectivity index (χ0) is 18.5. The summed E-state index contributed by atoms with van der Waals surface area (Å²) in [7, 11) is 1.33. The molecule has 0 N–H and O–H groups in total. The third-order valence-electron chi connectivity index (χ3n) is 3.52. The molecular formula is C17H13FN4O4. The van der Waals surface area contributed by atoms with Crippen LogP contribution in [0.15, 0.2) is 48.8 Å². The highest BCUT2D eigenvalue weighted by molar-refractivity contribution is 5.99. The number of nitrogens with zero attached hydrogens (tertiary/aromatic N) is 4. The van der Waals surface area contributed by atoms with E-state index in [4.69, 9.17) is 9.47 Å². The summed E-state index contributed by atoms with van der Waals surface area (Å²) in [6.45, 7) is -0.501. The molecular weight excluding hydrogens is 343 g/mol. The lowest BCUT2D eigenvalue weighted by Gasteiger charge is -2.07. The number of esters is 1. The quantitative estimate of drug-likeness (QED) is 0.491. The molecule has 2 aromatic carbocycles. The van der Waals surface area contributed by atoms with Crippen molar-refractivity contribution in [1.82, 2.24) is 20.2 Å². The van der Waals surface area contributed by atoms with Crippen molar-refractivity contribution in [3.05, 3.63) is 65.7 Å². The maximum absolute atomic E-state index is 13.6. The second-order valence-corrected chi connectivity index (χ2v) is 5.15. The van der Waals surface area contributed by atoms with E-state index in [1.54, 1.807) is 12.1 Å². The Morgan fingerprint density at radius 3 is 2.46 bits per heavy atom. The monoisotopic (exact) mass is 356 g/mol. The van der Waals surface area contributed by atoms with Crippen LogP contribution in [0.2, 0.25) is 0 Å². The van der Waals surface area contributed by atoms with E-state index in [1.165, 1.54) is 42.4 Å². The van der Waals surface area contributed by atoms with Gasteiger partial charge in [-0.2, -0.15) is 0 Å². The normalized spacial score (nSPS) is 10.4. The number of carbonyl (C=O) groups excluding carboxylic acids is 2. The summed E-state index contributed by atoms with van der Waals surface area (Å²) >= 11 is 0. The highest BCUT2D eigenvalue weighted by atomic mass is 19.1. The first-order chi connectivity index (χ1) is 12.6. The van der Waals surface area contributed by atoms with Gasteiger partial charge in [0.2, 0.25) is 0 Å². The minimum Gasteiger partial charge on any atom is -0.494 e. The van der Waals surface area contributed by atoms with E-state index in [2.05, 4.69) is 15.5 Å². The summed E-state index contributed by atoms with van der Waals surface area (Å²) in [5, 5.41) is 10.8. The van der Waals surface area contributed by atoms with Gasteiger partial charge < -0.3 is 9.47 Å². The second kappa shape index (κ2) is 7.51. The Morgan fingerprint density at radius 2 is 1.85 bits per heavy atom. The number of halogens is 1. The zero-order valence-corrected chi connectivity index (χ0v) is 13.6. The number of Topliss-reactive ketones (excluding diaryl/α,β-unsaturated/α-hetero) is 1. The minimum absolute atomic E-state index is 0.0289. The van der Waals surface area contributed by atoms with Gasteiger partial charge in [0.25, 0.3) is 0 Å². The number of carbonyl (C=O) groups is 2. The second-order valence-electron chi connectivity index (χ2n) is 5.15. The molecule has 0 radical (unpaired) electrons. The number of rotatable bonds is 6. The van der Waals surface area contributed by atoms with Crippen LogP contribution in [0, 0.1) is 5.82 Å². The smallest absolute Gasteiger partial charge is 0.338 e. The molecule has 8 nitrogen and oxygen atoms in total. The van der Waals surface area contributed by atoms with Gasteiger partial charge in [-0.1, -0.05) is 0 Å². The molecule has 9 heteroatoms. The van der Waals surface area contributed by atoms with Crippen molar-refractivity contribution in [3.8, 4) is 11.4 Å². The van der Waals surface area contributed by atoms with Crippen molar-refractivity contribution in [3.63, 3.8) is 0 Å². The van der Waals surface area contributed by atoms with Crippen LogP contribution in [0.25, 0.3) is 5.69 Å². The highest BCUT2D eigenvalue weighted by Gasteiger charge is 2.14. The van der Waals surface area contributed by atoms with E-state index in [1.807, 2.05) is 0 Å². The van der Waals surface area contributed by atoms with E-state index in [0.29, 0.717) is 5.69 Å². The lowest BCUT2D eigenvalue weighted by atomic mass is 10.1. The standard InChI is InChI=1S/C17H13FN4O4/c1-25-16-7-4-12(8-14(16)18)15(23)9-26-17(24)11-2-5-13(6-3-11)22-10-19-20-21-22/h2-8,10H,9H2,1H3. The number of methoxy groups -OCH3 is 1. The highest BCUT2D eigenvalue weighted by Crippen LogP contribution is 2.18. The molecule has 26 heavy (non-hydrogen) atoms. The van der Waals surface area contributed by atoms with Gasteiger partial charge in [-0.3, -0.25) is 4.79 Å². The maximum Gasteiger partial charge on any atom is 0.338 e. The first-order valence-electron chi connectivity index (χ1n) is 7.46. The lowest BCUT2D eigenvalue weighted by Crippen LogP contribution is -2.14. The summed E-state index contributed by atoms with van der Waals surface area (Å²) in [4.78, 5) is 24.1. The van der Waals surface area contributed by atoms with E-state index in [0.717, 1.165) is 6.07 Å². The van der Waals surface area contributed by atoms with Gasteiger partial charge >= 0.3 is 5.97 Å². The van der Waals surface area contributed by atoms with E-state index in [-0.39, 0.29) is 16.9 Å². The van der Waals surface area contributed by atoms with Crippen molar-refractivity contribution in [2.24, 2.45) is 0 Å². The Kier molecular flexibility index (Phi) is 4.97. The Morgan fingerprint density at radius 1 is 1.12 bits per heavy atom. The first kappa shape index (κ1) is 17.2. The fourth-order valence-corrected chi connectivity index (χ4v) is 2.17. The average Bonchev–Trinajstić information content (AvgIpc) is 3.20. The maximum atomic E-state index is 13.6. The molecule has 0 fully saturated rings. The van der Waals surface area contributed by atoms with Crippen molar-refractivity contribution >= 4 is 11.8 Å². The van der Waals surface area contributed by atoms with Crippen molar-refractivity contribution in [2.45, 2.75) is 0 Å². The largest absolute Gasteiger partial charge is 0.494 e. The Balaban J connectivity index is 1.61. The molecule has 0 aliphatic carbocycles. The Bertz CT molecular complexity index is 926. The van der Waals surface area contributed by atoms with Crippen LogP contribution in [-0.2, 0) is 4.74 Å². The van der Waals surface area contributed by atoms with Crippen molar-refractivity contribution in [1.29, 1.82) is 0 Å². The van der Waals surface area contributed by atoms with Crippen LogP contribution in [-0.4, -0.2) is 45.7 Å². The number of aromatic nitrogens is 4. The van der Waals surface area contributed by atoms with Gasteiger partial charge in [0.05, 0.1) is 18.4 Å². The molecule has 0 spiro atoms. The van der Waals surface area contributed by atoms with Gasteiger partial charge in [0.1, 0.15) is 6.33 Å². The Hall–Kier alpha value is -3.62. The summed E-state index contributed by atoms with van der Waals surface area (Å²) in [6, 6.07) is 10.1. The zero-order valence-electron chi connectivity index (χ0n) is 13.6. The summed E-state index contributed by atoms with van der Waals surface area (Å²) in [5.41, 5.74) is 1.01. The van der Waals surface area contributed by atoms with E-state index >= 15 is 0 Å². The number of hydrogen-bond acceptors (Lipinski definition) is 7. The molecule has 0 aliphatic rings. The molecule has 3 aromatic rings. The minimum atomic E-state index is -0.671. The van der Waals surface area contributed by atoms with Crippen LogP contribution in [0.5, 0.6) is 5.75 Å². The number of hydrogen-bond donors (Lipinski definition) is 0. The number of tetrazole rings is 1. The topological polar surface area (TPSA) is 96.2 Å².